The van der Waals surface area contributed by atoms with Crippen LogP contribution in [0.1, 0.15) is 41.6 Å². The molecule has 208 valence electrons. The molecular weight excluding hydrogens is 548 g/mol. The Hall–Kier alpha value is -3.22. The van der Waals surface area contributed by atoms with Gasteiger partial charge in [0.2, 0.25) is 15.9 Å². The van der Waals surface area contributed by atoms with E-state index in [1.807, 2.05) is 0 Å². The van der Waals surface area contributed by atoms with Crippen molar-refractivity contribution < 1.29 is 31.5 Å². The van der Waals surface area contributed by atoms with Crippen LogP contribution in [0.2, 0.25) is 0 Å². The van der Waals surface area contributed by atoms with Crippen molar-refractivity contribution in [2.75, 3.05) is 13.4 Å². The highest BCUT2D eigenvalue weighted by Gasteiger charge is 2.29. The first-order chi connectivity index (χ1) is 18.6. The molecular formula is C27H29F2N3O5S2. The Bertz CT molecular complexity index is 1460. The molecule has 1 aromatic heterocycles. The van der Waals surface area contributed by atoms with Gasteiger partial charge in [0.1, 0.15) is 33.6 Å². The first kappa shape index (κ1) is 28.8. The number of aryl methyl sites for hydroxylation is 1. The number of amides is 1. The van der Waals surface area contributed by atoms with Crippen molar-refractivity contribution in [3.05, 3.63) is 71.4 Å². The zero-order valence-electron chi connectivity index (χ0n) is 21.7. The van der Waals surface area contributed by atoms with E-state index in [1.165, 1.54) is 37.1 Å². The van der Waals surface area contributed by atoms with E-state index in [2.05, 4.69) is 15.0 Å². The summed E-state index contributed by atoms with van der Waals surface area (Å²) in [6.07, 6.45) is 4.67. The summed E-state index contributed by atoms with van der Waals surface area (Å²) >= 11 is 1.20. The minimum Gasteiger partial charge on any atom is -0.495 e. The molecule has 39 heavy (non-hydrogen) atoms. The molecule has 0 unspecified atom stereocenters. The molecule has 1 fully saturated rings. The van der Waals surface area contributed by atoms with Crippen molar-refractivity contribution in [3.63, 3.8) is 0 Å². The van der Waals surface area contributed by atoms with Gasteiger partial charge in [-0.25, -0.2) is 26.9 Å². The summed E-state index contributed by atoms with van der Waals surface area (Å²) in [7, 11) is -2.39. The number of aromatic nitrogens is 1. The fourth-order valence-corrected chi connectivity index (χ4v) is 6.44. The molecule has 0 atom stereocenters. The van der Waals surface area contributed by atoms with Gasteiger partial charge in [0.05, 0.1) is 13.3 Å². The summed E-state index contributed by atoms with van der Waals surface area (Å²) < 4.78 is 67.5. The number of sulfonamides is 1. The number of nitrogens with zero attached hydrogens (tertiary/aromatic N) is 1. The quantitative estimate of drug-likeness (QED) is 0.336. The Balaban J connectivity index is 1.40. The van der Waals surface area contributed by atoms with Gasteiger partial charge < -0.3 is 14.8 Å². The van der Waals surface area contributed by atoms with E-state index < -0.39 is 27.6 Å². The lowest BCUT2D eigenvalue weighted by Crippen LogP contribution is -2.43. The molecule has 2 N–H and O–H groups in total. The van der Waals surface area contributed by atoms with Crippen LogP contribution >= 0.6 is 11.8 Å². The topological polar surface area (TPSA) is 107 Å². The van der Waals surface area contributed by atoms with Gasteiger partial charge in [-0.1, -0.05) is 6.07 Å². The standard InChI is InChI=1S/C27H29F2N3O5S2/c1-16-4-11-23(36-2)25(12-16)39(34,35)32-19-7-5-18(6-8-19)31-26(33)21-13-17(28)15-30-27(21)37-20-9-10-22(29)24(14-20)38-3/h4,9-15,18-19,32H,5-8H2,1-3H3,(H,31,33). The third-order valence-electron chi connectivity index (χ3n) is 6.39. The molecule has 1 amide bonds. The number of methoxy groups -OCH3 is 1. The van der Waals surface area contributed by atoms with Crippen molar-refractivity contribution >= 4 is 27.7 Å². The summed E-state index contributed by atoms with van der Waals surface area (Å²) in [5.41, 5.74) is 0.696. The molecule has 0 bridgehead atoms. The molecule has 1 aliphatic carbocycles. The second kappa shape index (κ2) is 12.3. The van der Waals surface area contributed by atoms with Crippen molar-refractivity contribution in [2.45, 2.75) is 54.5 Å². The lowest BCUT2D eigenvalue weighted by Gasteiger charge is -2.29. The number of pyridine rings is 1. The highest BCUT2D eigenvalue weighted by Crippen LogP contribution is 2.30. The van der Waals surface area contributed by atoms with Crippen molar-refractivity contribution in [2.24, 2.45) is 0 Å². The summed E-state index contributed by atoms with van der Waals surface area (Å²) in [5.74, 6) is -1.27. The minimum absolute atomic E-state index is 0.0809. The smallest absolute Gasteiger partial charge is 0.257 e. The van der Waals surface area contributed by atoms with Crippen molar-refractivity contribution in [1.29, 1.82) is 0 Å². The highest BCUT2D eigenvalue weighted by molar-refractivity contribution is 7.98. The molecule has 3 aromatic rings. The number of rotatable bonds is 9. The largest absolute Gasteiger partial charge is 0.495 e. The van der Waals surface area contributed by atoms with Crippen LogP contribution in [0.5, 0.6) is 17.4 Å². The minimum atomic E-state index is -3.81. The van der Waals surface area contributed by atoms with Crippen molar-refractivity contribution in [1.82, 2.24) is 15.0 Å². The predicted octanol–water partition coefficient (Wildman–Crippen LogP) is 5.21. The number of halogens is 2. The van der Waals surface area contributed by atoms with Gasteiger partial charge >= 0.3 is 0 Å². The molecule has 0 radical (unpaired) electrons. The normalized spacial score (nSPS) is 17.5. The average Bonchev–Trinajstić information content (AvgIpc) is 2.91. The van der Waals surface area contributed by atoms with E-state index in [9.17, 15) is 22.0 Å². The van der Waals surface area contributed by atoms with Crippen molar-refractivity contribution in [3.8, 4) is 17.4 Å². The Morgan fingerprint density at radius 1 is 1.05 bits per heavy atom. The van der Waals surface area contributed by atoms with Crippen LogP contribution < -0.4 is 19.5 Å². The molecule has 2 aromatic carbocycles. The van der Waals surface area contributed by atoms with Crippen LogP contribution in [0, 0.1) is 18.6 Å². The third-order valence-corrected chi connectivity index (χ3v) is 8.69. The van der Waals surface area contributed by atoms with Crippen LogP contribution in [0.25, 0.3) is 0 Å². The summed E-state index contributed by atoms with van der Waals surface area (Å²) in [6.45, 7) is 1.80. The van der Waals surface area contributed by atoms with Gasteiger partial charge in [0.25, 0.3) is 5.91 Å². The number of carbonyl (C=O) groups is 1. The van der Waals surface area contributed by atoms with E-state index in [0.29, 0.717) is 30.6 Å². The number of nitrogens with one attached hydrogen (secondary N) is 2. The molecule has 12 heteroatoms. The number of hydrogen-bond acceptors (Lipinski definition) is 7. The Labute approximate surface area is 230 Å². The maximum Gasteiger partial charge on any atom is 0.257 e. The fourth-order valence-electron chi connectivity index (χ4n) is 4.38. The lowest BCUT2D eigenvalue weighted by molar-refractivity contribution is 0.0921. The van der Waals surface area contributed by atoms with Crippen LogP contribution in [-0.2, 0) is 10.0 Å². The van der Waals surface area contributed by atoms with E-state index >= 15 is 0 Å². The number of carbonyl (C=O) groups excluding carboxylic acids is 1. The second-order valence-electron chi connectivity index (χ2n) is 9.20. The highest BCUT2D eigenvalue weighted by atomic mass is 32.2. The maximum atomic E-state index is 14.0. The van der Waals surface area contributed by atoms with Gasteiger partial charge in [-0.2, -0.15) is 0 Å². The first-order valence-electron chi connectivity index (χ1n) is 12.2. The number of thioether (sulfide) groups is 1. The SMILES string of the molecule is COc1ccc(C)cc1S(=O)(=O)NC1CCC(NC(=O)c2cc(F)cnc2Oc2ccc(F)c(SC)c2)CC1. The molecule has 0 spiro atoms. The molecule has 1 saturated carbocycles. The molecule has 4 rings (SSSR count). The fraction of sp³-hybridized carbons (Fsp3) is 0.333. The van der Waals surface area contributed by atoms with Gasteiger partial charge in [-0.3, -0.25) is 4.79 Å². The Kier molecular flexibility index (Phi) is 9.08. The first-order valence-corrected chi connectivity index (χ1v) is 14.9. The van der Waals surface area contributed by atoms with Crippen LogP contribution in [-0.4, -0.2) is 44.8 Å². The second-order valence-corrected chi connectivity index (χ2v) is 11.7. The van der Waals surface area contributed by atoms with E-state index in [4.69, 9.17) is 9.47 Å². The average molecular weight is 578 g/mol. The molecule has 0 aliphatic heterocycles. The Morgan fingerprint density at radius 2 is 1.77 bits per heavy atom. The molecule has 8 nitrogen and oxygen atoms in total. The molecule has 1 aliphatic rings. The number of benzene rings is 2. The summed E-state index contributed by atoms with van der Waals surface area (Å²) in [5, 5.41) is 2.87. The molecule has 0 saturated heterocycles. The summed E-state index contributed by atoms with van der Waals surface area (Å²) in [6, 6.07) is 9.54. The van der Waals surface area contributed by atoms with Gasteiger partial charge in [0.15, 0.2) is 0 Å². The Morgan fingerprint density at radius 3 is 2.46 bits per heavy atom. The number of hydrogen-bond donors (Lipinski definition) is 2. The zero-order chi connectivity index (χ0) is 28.2. The third kappa shape index (κ3) is 7.06. The van der Waals surface area contributed by atoms with Crippen LogP contribution in [0.15, 0.2) is 58.5 Å². The van der Waals surface area contributed by atoms with E-state index in [0.717, 1.165) is 17.8 Å². The maximum absolute atomic E-state index is 14.0. The van der Waals surface area contributed by atoms with Crippen LogP contribution in [0.3, 0.4) is 0 Å². The zero-order valence-corrected chi connectivity index (χ0v) is 23.3. The van der Waals surface area contributed by atoms with Crippen LogP contribution in [0.4, 0.5) is 8.78 Å². The van der Waals surface area contributed by atoms with E-state index in [-0.39, 0.29) is 39.9 Å². The van der Waals surface area contributed by atoms with Gasteiger partial charge in [0, 0.05) is 17.0 Å². The van der Waals surface area contributed by atoms with Gasteiger partial charge in [-0.05, 0) is 80.8 Å². The number of ether oxygens (including phenoxy) is 2. The summed E-state index contributed by atoms with van der Waals surface area (Å²) in [4.78, 5) is 17.4. The van der Waals surface area contributed by atoms with Gasteiger partial charge in [-0.15, -0.1) is 11.8 Å². The lowest BCUT2D eigenvalue weighted by atomic mass is 9.91. The van der Waals surface area contributed by atoms with E-state index in [1.54, 1.807) is 31.4 Å². The monoisotopic (exact) mass is 577 g/mol. The molecule has 1 heterocycles. The predicted molar refractivity (Wildman–Crippen MR) is 144 cm³/mol.